The third-order valence-corrected chi connectivity index (χ3v) is 3.02. The monoisotopic (exact) mass is 276 g/mol. The summed E-state index contributed by atoms with van der Waals surface area (Å²) in [5.41, 5.74) is 1.15. The molecule has 1 atom stereocenters. The molecule has 0 aliphatic carbocycles. The van der Waals surface area contributed by atoms with E-state index in [1.54, 1.807) is 12.1 Å². The van der Waals surface area contributed by atoms with E-state index in [1.807, 2.05) is 6.92 Å². The molecule has 1 aromatic carbocycles. The number of pyridine rings is 1. The largest absolute Gasteiger partial charge is 0.351 e. The van der Waals surface area contributed by atoms with Crippen LogP contribution in [0.3, 0.4) is 0 Å². The van der Waals surface area contributed by atoms with Crippen molar-refractivity contribution in [3.63, 3.8) is 0 Å². The molecular weight excluding hydrogens is 262 g/mol. The Hall–Kier alpha value is -2.30. The lowest BCUT2D eigenvalue weighted by molar-refractivity contribution is 0.0951. The maximum absolute atomic E-state index is 13.1. The van der Waals surface area contributed by atoms with Gasteiger partial charge in [-0.05, 0) is 35.7 Å². The van der Waals surface area contributed by atoms with Gasteiger partial charge in [-0.15, -0.1) is 0 Å². The number of benzene rings is 1. The van der Waals surface area contributed by atoms with Gasteiger partial charge in [0.05, 0.1) is 0 Å². The van der Waals surface area contributed by atoms with Crippen LogP contribution < -0.4 is 5.32 Å². The van der Waals surface area contributed by atoms with Crippen molar-refractivity contribution in [2.75, 3.05) is 6.54 Å². The number of aromatic nitrogens is 1. The zero-order valence-electron chi connectivity index (χ0n) is 10.9. The Bertz CT molecular complexity index is 602. The standard InChI is InChI=1S/C15H14F2N2O/c1-10(12-2-3-13(16)14(17)8-12)9-19-15(20)11-4-6-18-7-5-11/h2-8,10H,9H2,1H3,(H,19,20)/t10-/m0/s1. The molecule has 1 N–H and O–H groups in total. The van der Waals surface area contributed by atoms with Gasteiger partial charge in [0.25, 0.3) is 5.91 Å². The van der Waals surface area contributed by atoms with Crippen molar-refractivity contribution in [2.24, 2.45) is 0 Å². The Morgan fingerprint density at radius 2 is 1.90 bits per heavy atom. The lowest BCUT2D eigenvalue weighted by Gasteiger charge is -2.13. The summed E-state index contributed by atoms with van der Waals surface area (Å²) < 4.78 is 26.0. The van der Waals surface area contributed by atoms with E-state index in [0.29, 0.717) is 17.7 Å². The second-order valence-electron chi connectivity index (χ2n) is 4.52. The van der Waals surface area contributed by atoms with E-state index in [9.17, 15) is 13.6 Å². The molecule has 0 radical (unpaired) electrons. The number of halogens is 2. The molecule has 1 amide bonds. The van der Waals surface area contributed by atoms with Crippen LogP contribution in [0, 0.1) is 11.6 Å². The fraction of sp³-hybridized carbons (Fsp3) is 0.200. The van der Waals surface area contributed by atoms with Crippen LogP contribution in [0.15, 0.2) is 42.7 Å². The van der Waals surface area contributed by atoms with E-state index >= 15 is 0 Å². The summed E-state index contributed by atoms with van der Waals surface area (Å²) in [6.45, 7) is 2.17. The highest BCUT2D eigenvalue weighted by Gasteiger charge is 2.11. The molecule has 2 aromatic rings. The van der Waals surface area contributed by atoms with Crippen molar-refractivity contribution in [1.82, 2.24) is 10.3 Å². The predicted molar refractivity (Wildman–Crippen MR) is 71.3 cm³/mol. The molecule has 104 valence electrons. The second kappa shape index (κ2) is 6.23. The molecule has 0 unspecified atom stereocenters. The summed E-state index contributed by atoms with van der Waals surface area (Å²) in [5, 5.41) is 2.75. The molecule has 2 rings (SSSR count). The molecule has 0 fully saturated rings. The average molecular weight is 276 g/mol. The van der Waals surface area contributed by atoms with Crippen LogP contribution in [0.2, 0.25) is 0 Å². The number of nitrogens with one attached hydrogen (secondary N) is 1. The number of carbonyl (C=O) groups is 1. The summed E-state index contributed by atoms with van der Waals surface area (Å²) >= 11 is 0. The lowest BCUT2D eigenvalue weighted by atomic mass is 10.0. The van der Waals surface area contributed by atoms with E-state index < -0.39 is 11.6 Å². The smallest absolute Gasteiger partial charge is 0.251 e. The minimum absolute atomic E-state index is 0.115. The Balaban J connectivity index is 1.96. The molecule has 0 bridgehead atoms. The van der Waals surface area contributed by atoms with Crippen molar-refractivity contribution < 1.29 is 13.6 Å². The summed E-state index contributed by atoms with van der Waals surface area (Å²) in [6.07, 6.45) is 3.07. The highest BCUT2D eigenvalue weighted by molar-refractivity contribution is 5.93. The molecule has 0 saturated carbocycles. The van der Waals surface area contributed by atoms with Gasteiger partial charge in [0.15, 0.2) is 11.6 Å². The third-order valence-electron chi connectivity index (χ3n) is 3.02. The van der Waals surface area contributed by atoms with Gasteiger partial charge in [-0.25, -0.2) is 8.78 Å². The molecule has 1 aromatic heterocycles. The first-order valence-corrected chi connectivity index (χ1v) is 6.21. The molecule has 1 heterocycles. The van der Waals surface area contributed by atoms with Crippen molar-refractivity contribution >= 4 is 5.91 Å². The Morgan fingerprint density at radius 3 is 2.55 bits per heavy atom. The molecule has 0 spiro atoms. The van der Waals surface area contributed by atoms with Crippen LogP contribution in [-0.4, -0.2) is 17.4 Å². The van der Waals surface area contributed by atoms with Gasteiger partial charge < -0.3 is 5.32 Å². The molecule has 0 aliphatic rings. The van der Waals surface area contributed by atoms with Gasteiger partial charge in [-0.3, -0.25) is 9.78 Å². The van der Waals surface area contributed by atoms with Crippen molar-refractivity contribution in [2.45, 2.75) is 12.8 Å². The highest BCUT2D eigenvalue weighted by atomic mass is 19.2. The quantitative estimate of drug-likeness (QED) is 0.933. The number of carbonyl (C=O) groups excluding carboxylic acids is 1. The van der Waals surface area contributed by atoms with Crippen LogP contribution in [0.25, 0.3) is 0 Å². The van der Waals surface area contributed by atoms with Crippen LogP contribution >= 0.6 is 0 Å². The maximum atomic E-state index is 13.1. The van der Waals surface area contributed by atoms with Gasteiger partial charge in [0, 0.05) is 24.5 Å². The zero-order valence-corrected chi connectivity index (χ0v) is 10.9. The van der Waals surface area contributed by atoms with Gasteiger partial charge in [0.1, 0.15) is 0 Å². The van der Waals surface area contributed by atoms with Gasteiger partial charge in [0.2, 0.25) is 0 Å². The maximum Gasteiger partial charge on any atom is 0.251 e. The summed E-state index contributed by atoms with van der Waals surface area (Å²) in [4.78, 5) is 15.7. The SMILES string of the molecule is C[C@@H](CNC(=O)c1ccncc1)c1ccc(F)c(F)c1. The van der Waals surface area contributed by atoms with E-state index in [4.69, 9.17) is 0 Å². The fourth-order valence-electron chi connectivity index (χ4n) is 1.79. The number of hydrogen-bond donors (Lipinski definition) is 1. The number of nitrogens with zero attached hydrogens (tertiary/aromatic N) is 1. The summed E-state index contributed by atoms with van der Waals surface area (Å²) in [5.74, 6) is -2.09. The Kier molecular flexibility index (Phi) is 4.40. The van der Waals surface area contributed by atoms with Crippen molar-refractivity contribution in [3.05, 3.63) is 65.5 Å². The van der Waals surface area contributed by atoms with E-state index in [2.05, 4.69) is 10.3 Å². The van der Waals surface area contributed by atoms with E-state index in [-0.39, 0.29) is 11.8 Å². The zero-order chi connectivity index (χ0) is 14.5. The predicted octanol–water partition coefficient (Wildman–Crippen LogP) is 2.89. The van der Waals surface area contributed by atoms with Gasteiger partial charge >= 0.3 is 0 Å². The third kappa shape index (κ3) is 3.38. The first-order valence-electron chi connectivity index (χ1n) is 6.21. The van der Waals surface area contributed by atoms with Crippen LogP contribution in [0.5, 0.6) is 0 Å². The van der Waals surface area contributed by atoms with Crippen LogP contribution in [0.4, 0.5) is 8.78 Å². The van der Waals surface area contributed by atoms with Crippen molar-refractivity contribution in [3.8, 4) is 0 Å². The van der Waals surface area contributed by atoms with Crippen molar-refractivity contribution in [1.29, 1.82) is 0 Å². The minimum atomic E-state index is -0.880. The molecule has 20 heavy (non-hydrogen) atoms. The first kappa shape index (κ1) is 14.1. The Morgan fingerprint density at radius 1 is 1.20 bits per heavy atom. The number of hydrogen-bond acceptors (Lipinski definition) is 2. The van der Waals surface area contributed by atoms with Crippen LogP contribution in [-0.2, 0) is 0 Å². The van der Waals surface area contributed by atoms with Gasteiger partial charge in [-0.2, -0.15) is 0 Å². The molecule has 3 nitrogen and oxygen atoms in total. The number of rotatable bonds is 4. The number of amides is 1. The normalized spacial score (nSPS) is 11.9. The lowest BCUT2D eigenvalue weighted by Crippen LogP contribution is -2.27. The van der Waals surface area contributed by atoms with E-state index in [0.717, 1.165) is 12.1 Å². The topological polar surface area (TPSA) is 42.0 Å². The molecule has 5 heteroatoms. The van der Waals surface area contributed by atoms with Gasteiger partial charge in [-0.1, -0.05) is 13.0 Å². The van der Waals surface area contributed by atoms with Crippen LogP contribution in [0.1, 0.15) is 28.8 Å². The highest BCUT2D eigenvalue weighted by Crippen LogP contribution is 2.17. The van der Waals surface area contributed by atoms with E-state index in [1.165, 1.54) is 18.5 Å². The second-order valence-corrected chi connectivity index (χ2v) is 4.52. The average Bonchev–Trinajstić information content (AvgIpc) is 2.48. The summed E-state index contributed by atoms with van der Waals surface area (Å²) in [6, 6.07) is 6.97. The fourth-order valence-corrected chi connectivity index (χ4v) is 1.79. The molecule has 0 aliphatic heterocycles. The molecular formula is C15H14F2N2O. The first-order chi connectivity index (χ1) is 9.58. The summed E-state index contributed by atoms with van der Waals surface area (Å²) in [7, 11) is 0. The minimum Gasteiger partial charge on any atom is -0.351 e. The Labute approximate surface area is 115 Å². The molecule has 0 saturated heterocycles.